The molecule has 0 saturated heterocycles. The van der Waals surface area contributed by atoms with Crippen LogP contribution in [-0.4, -0.2) is 24.6 Å². The van der Waals surface area contributed by atoms with Crippen LogP contribution in [0.4, 0.5) is 0 Å². The van der Waals surface area contributed by atoms with Crippen LogP contribution in [0.1, 0.15) is 47.0 Å². The predicted octanol–water partition coefficient (Wildman–Crippen LogP) is 3.54. The van der Waals surface area contributed by atoms with Crippen molar-refractivity contribution in [2.45, 2.75) is 53.0 Å². The summed E-state index contributed by atoms with van der Waals surface area (Å²) in [6.07, 6.45) is 6.03. The second kappa shape index (κ2) is 7.58. The van der Waals surface area contributed by atoms with Crippen molar-refractivity contribution in [1.82, 2.24) is 5.32 Å². The van der Waals surface area contributed by atoms with Crippen LogP contribution in [0.15, 0.2) is 0 Å². The van der Waals surface area contributed by atoms with Crippen molar-refractivity contribution in [3.05, 3.63) is 0 Å². The Labute approximate surface area is 94.4 Å². The first-order chi connectivity index (χ1) is 6.52. The standard InChI is InChI=1S/C12H27NS/c1-6-8-13-11(2)10-12(3,4)7-9-14-5/h11,13H,6-10H2,1-5H3. The quantitative estimate of drug-likeness (QED) is 0.667. The molecule has 86 valence electrons. The smallest absolute Gasteiger partial charge is 0.00438 e. The highest BCUT2D eigenvalue weighted by molar-refractivity contribution is 7.98. The number of thioether (sulfide) groups is 1. The zero-order chi connectivity index (χ0) is 11.0. The molecule has 0 spiro atoms. The topological polar surface area (TPSA) is 12.0 Å². The summed E-state index contributed by atoms with van der Waals surface area (Å²) in [5, 5.41) is 3.56. The van der Waals surface area contributed by atoms with Crippen LogP contribution in [0, 0.1) is 5.41 Å². The minimum Gasteiger partial charge on any atom is -0.314 e. The maximum absolute atomic E-state index is 3.56. The molecule has 0 saturated carbocycles. The molecule has 0 bridgehead atoms. The van der Waals surface area contributed by atoms with Gasteiger partial charge in [-0.1, -0.05) is 20.8 Å². The van der Waals surface area contributed by atoms with Gasteiger partial charge in [0.2, 0.25) is 0 Å². The molecular weight excluding hydrogens is 190 g/mol. The van der Waals surface area contributed by atoms with Crippen molar-refractivity contribution in [2.75, 3.05) is 18.6 Å². The lowest BCUT2D eigenvalue weighted by atomic mass is 9.83. The predicted molar refractivity (Wildman–Crippen MR) is 69.2 cm³/mol. The zero-order valence-electron chi connectivity index (χ0n) is 10.5. The van der Waals surface area contributed by atoms with Crippen LogP contribution in [0.25, 0.3) is 0 Å². The molecule has 1 N–H and O–H groups in total. The minimum atomic E-state index is 0.489. The summed E-state index contributed by atoms with van der Waals surface area (Å²) in [5.41, 5.74) is 0.489. The number of hydrogen-bond donors (Lipinski definition) is 1. The van der Waals surface area contributed by atoms with E-state index >= 15 is 0 Å². The Balaban J connectivity index is 3.70. The highest BCUT2D eigenvalue weighted by Gasteiger charge is 2.19. The van der Waals surface area contributed by atoms with E-state index in [2.05, 4.69) is 39.3 Å². The van der Waals surface area contributed by atoms with Crippen LogP contribution < -0.4 is 5.32 Å². The molecular formula is C12H27NS. The molecule has 0 radical (unpaired) electrons. The molecule has 0 amide bonds. The van der Waals surface area contributed by atoms with Gasteiger partial charge < -0.3 is 5.32 Å². The van der Waals surface area contributed by atoms with E-state index in [1.165, 1.54) is 25.0 Å². The van der Waals surface area contributed by atoms with Crippen LogP contribution in [0.3, 0.4) is 0 Å². The Bertz CT molecular complexity index is 134. The third-order valence-electron chi connectivity index (χ3n) is 2.58. The normalized spacial score (nSPS) is 14.4. The molecule has 0 aromatic rings. The van der Waals surface area contributed by atoms with Crippen molar-refractivity contribution < 1.29 is 0 Å². The van der Waals surface area contributed by atoms with Crippen molar-refractivity contribution in [3.8, 4) is 0 Å². The molecule has 14 heavy (non-hydrogen) atoms. The Hall–Kier alpha value is 0.310. The third kappa shape index (κ3) is 7.69. The fourth-order valence-corrected chi connectivity index (χ4v) is 2.53. The fourth-order valence-electron chi connectivity index (χ4n) is 1.77. The van der Waals surface area contributed by atoms with Gasteiger partial charge in [-0.3, -0.25) is 0 Å². The van der Waals surface area contributed by atoms with Crippen LogP contribution >= 0.6 is 11.8 Å². The van der Waals surface area contributed by atoms with Crippen LogP contribution in [0.5, 0.6) is 0 Å². The summed E-state index contributed by atoms with van der Waals surface area (Å²) >= 11 is 1.95. The lowest BCUT2D eigenvalue weighted by Gasteiger charge is -2.28. The van der Waals surface area contributed by atoms with Gasteiger partial charge in [0.05, 0.1) is 0 Å². The van der Waals surface area contributed by atoms with Crippen molar-refractivity contribution in [3.63, 3.8) is 0 Å². The molecule has 1 nitrogen and oxygen atoms in total. The maximum atomic E-state index is 3.56. The highest BCUT2D eigenvalue weighted by Crippen LogP contribution is 2.27. The average Bonchev–Trinajstić information content (AvgIpc) is 2.11. The molecule has 1 atom stereocenters. The average molecular weight is 217 g/mol. The van der Waals surface area contributed by atoms with Gasteiger partial charge in [0.25, 0.3) is 0 Å². The number of hydrogen-bond acceptors (Lipinski definition) is 2. The largest absolute Gasteiger partial charge is 0.314 e. The van der Waals surface area contributed by atoms with E-state index < -0.39 is 0 Å². The molecule has 0 rings (SSSR count). The fraction of sp³-hybridized carbons (Fsp3) is 1.00. The van der Waals surface area contributed by atoms with Crippen molar-refractivity contribution in [2.24, 2.45) is 5.41 Å². The Morgan fingerprint density at radius 3 is 2.50 bits per heavy atom. The summed E-state index contributed by atoms with van der Waals surface area (Å²) in [6.45, 7) is 10.4. The second-order valence-electron chi connectivity index (χ2n) is 4.97. The molecule has 0 aromatic carbocycles. The molecule has 0 aromatic heterocycles. The molecule has 0 aliphatic heterocycles. The summed E-state index contributed by atoms with van der Waals surface area (Å²) in [5.74, 6) is 1.29. The van der Waals surface area contributed by atoms with Crippen molar-refractivity contribution in [1.29, 1.82) is 0 Å². The monoisotopic (exact) mass is 217 g/mol. The summed E-state index contributed by atoms with van der Waals surface area (Å²) in [4.78, 5) is 0. The van der Waals surface area contributed by atoms with Gasteiger partial charge in [-0.2, -0.15) is 11.8 Å². The summed E-state index contributed by atoms with van der Waals surface area (Å²) in [7, 11) is 0. The molecule has 0 aliphatic carbocycles. The van der Waals surface area contributed by atoms with Gasteiger partial charge in [-0.15, -0.1) is 0 Å². The Kier molecular flexibility index (Phi) is 7.75. The Morgan fingerprint density at radius 1 is 1.36 bits per heavy atom. The molecule has 2 heteroatoms. The van der Waals surface area contributed by atoms with E-state index in [-0.39, 0.29) is 0 Å². The lowest BCUT2D eigenvalue weighted by molar-refractivity contribution is 0.281. The van der Waals surface area contributed by atoms with E-state index in [9.17, 15) is 0 Å². The molecule has 1 unspecified atom stereocenters. The van der Waals surface area contributed by atoms with E-state index in [0.717, 1.165) is 6.54 Å². The van der Waals surface area contributed by atoms with Gasteiger partial charge in [0.1, 0.15) is 0 Å². The van der Waals surface area contributed by atoms with Gasteiger partial charge in [-0.05, 0) is 50.2 Å². The van der Waals surface area contributed by atoms with E-state index in [1.807, 2.05) is 11.8 Å². The second-order valence-corrected chi connectivity index (χ2v) is 5.95. The first kappa shape index (κ1) is 14.3. The minimum absolute atomic E-state index is 0.489. The number of nitrogens with one attached hydrogen (secondary N) is 1. The van der Waals surface area contributed by atoms with E-state index in [0.29, 0.717) is 11.5 Å². The molecule has 0 heterocycles. The van der Waals surface area contributed by atoms with Crippen LogP contribution in [0.2, 0.25) is 0 Å². The zero-order valence-corrected chi connectivity index (χ0v) is 11.3. The summed E-state index contributed by atoms with van der Waals surface area (Å²) < 4.78 is 0. The molecule has 0 aliphatic rings. The maximum Gasteiger partial charge on any atom is 0.00438 e. The third-order valence-corrected chi connectivity index (χ3v) is 3.20. The Morgan fingerprint density at radius 2 is 2.00 bits per heavy atom. The first-order valence-corrected chi connectivity index (χ1v) is 7.13. The van der Waals surface area contributed by atoms with Crippen LogP contribution in [-0.2, 0) is 0 Å². The van der Waals surface area contributed by atoms with Gasteiger partial charge in [0.15, 0.2) is 0 Å². The SMILES string of the molecule is CCCNC(C)CC(C)(C)CCSC. The van der Waals surface area contributed by atoms with Gasteiger partial charge in [0, 0.05) is 6.04 Å². The summed E-state index contributed by atoms with van der Waals surface area (Å²) in [6, 6.07) is 0.659. The molecule has 0 fully saturated rings. The van der Waals surface area contributed by atoms with E-state index in [4.69, 9.17) is 0 Å². The van der Waals surface area contributed by atoms with Gasteiger partial charge >= 0.3 is 0 Å². The highest BCUT2D eigenvalue weighted by atomic mass is 32.2. The first-order valence-electron chi connectivity index (χ1n) is 5.74. The number of rotatable bonds is 8. The van der Waals surface area contributed by atoms with E-state index in [1.54, 1.807) is 0 Å². The van der Waals surface area contributed by atoms with Crippen molar-refractivity contribution >= 4 is 11.8 Å². The lowest BCUT2D eigenvalue weighted by Crippen LogP contribution is -2.32. The van der Waals surface area contributed by atoms with Gasteiger partial charge in [-0.25, -0.2) is 0 Å².